The predicted molar refractivity (Wildman–Crippen MR) is 39.4 cm³/mol. The molecule has 51 valence electrons. The van der Waals surface area contributed by atoms with Gasteiger partial charge in [-0.2, -0.15) is 0 Å². The normalized spacial score (nSPS) is 30.1. The fourth-order valence-corrected chi connectivity index (χ4v) is 1.08. The van der Waals surface area contributed by atoms with E-state index in [4.69, 9.17) is 4.74 Å². The Morgan fingerprint density at radius 3 is 2.30 bits per heavy atom. The summed E-state index contributed by atoms with van der Waals surface area (Å²) in [5, 5.41) is 0. The van der Waals surface area contributed by atoms with Crippen LogP contribution >= 0.6 is 0 Å². The van der Waals surface area contributed by atoms with Gasteiger partial charge in [0.15, 0.2) is 0 Å². The second kappa shape index (κ2) is 2.10. The molecule has 0 amide bonds. The average Bonchev–Trinajstić information content (AvgIpc) is 2.69. The van der Waals surface area contributed by atoms with Crippen molar-refractivity contribution < 1.29 is 4.74 Å². The number of hydrogen-bond donors (Lipinski definition) is 0. The molecule has 1 saturated heterocycles. The van der Waals surface area contributed by atoms with Crippen LogP contribution in [0, 0.1) is 6.92 Å². The summed E-state index contributed by atoms with van der Waals surface area (Å²) in [5.74, 6) is 0. The second-order valence-corrected chi connectivity index (χ2v) is 2.51. The molecule has 1 aliphatic rings. The maximum absolute atomic E-state index is 5.19. The Labute approximate surface area is 60.6 Å². The first-order valence-electron chi connectivity index (χ1n) is 3.41. The molecule has 1 fully saturated rings. The van der Waals surface area contributed by atoms with Gasteiger partial charge in [0.05, 0.1) is 6.10 Å². The molecule has 1 nitrogen and oxygen atoms in total. The average molecular weight is 133 g/mol. The van der Waals surface area contributed by atoms with Gasteiger partial charge in [0.25, 0.3) is 0 Å². The first-order valence-corrected chi connectivity index (χ1v) is 3.41. The van der Waals surface area contributed by atoms with Crippen LogP contribution < -0.4 is 0 Å². The highest BCUT2D eigenvalue weighted by Crippen LogP contribution is 2.37. The van der Waals surface area contributed by atoms with Crippen molar-refractivity contribution >= 4 is 0 Å². The van der Waals surface area contributed by atoms with E-state index in [2.05, 4.69) is 19.1 Å². The predicted octanol–water partition coefficient (Wildman–Crippen LogP) is 1.96. The zero-order valence-electron chi connectivity index (χ0n) is 5.66. The minimum absolute atomic E-state index is 0.183. The summed E-state index contributed by atoms with van der Waals surface area (Å²) in [6.45, 7) is 3.79. The number of ether oxygens (including phenoxy) is 1. The number of benzene rings is 1. The molecule has 0 N–H and O–H groups in total. The summed E-state index contributed by atoms with van der Waals surface area (Å²) >= 11 is 0. The van der Waals surface area contributed by atoms with Crippen LogP contribution in [-0.2, 0) is 4.74 Å². The molecule has 0 bridgehead atoms. The summed E-state index contributed by atoms with van der Waals surface area (Å²) in [4.78, 5) is 0. The van der Waals surface area contributed by atoms with Crippen molar-refractivity contribution in [3.63, 3.8) is 0 Å². The van der Waals surface area contributed by atoms with Crippen LogP contribution in [0.25, 0.3) is 0 Å². The minimum atomic E-state index is 0.183. The maximum atomic E-state index is 5.19. The summed E-state index contributed by atoms with van der Waals surface area (Å²) in [6, 6.07) is 10.2. The Morgan fingerprint density at radius 1 is 1.20 bits per heavy atom. The van der Waals surface area contributed by atoms with Gasteiger partial charge < -0.3 is 4.74 Å². The van der Waals surface area contributed by atoms with Gasteiger partial charge >= 0.3 is 0 Å². The molecular weight excluding hydrogens is 124 g/mol. The van der Waals surface area contributed by atoms with Gasteiger partial charge in [-0.05, 0) is 12.5 Å². The Hall–Kier alpha value is -0.820. The van der Waals surface area contributed by atoms with E-state index < -0.39 is 0 Å². The SMILES string of the molecule is [CH2]C1OC1c1ccccc1. The van der Waals surface area contributed by atoms with E-state index in [-0.39, 0.29) is 12.2 Å². The molecule has 0 saturated carbocycles. The molecule has 2 unspecified atom stereocenters. The zero-order valence-corrected chi connectivity index (χ0v) is 5.66. The van der Waals surface area contributed by atoms with E-state index in [1.165, 1.54) is 5.56 Å². The molecule has 1 aromatic rings. The Bertz CT molecular complexity index is 217. The quantitative estimate of drug-likeness (QED) is 0.533. The molecular formula is C9H9O. The van der Waals surface area contributed by atoms with Crippen LogP contribution in [0.1, 0.15) is 11.7 Å². The molecule has 0 aliphatic carbocycles. The molecule has 1 heterocycles. The minimum Gasteiger partial charge on any atom is -0.365 e. The molecule has 1 aromatic carbocycles. The van der Waals surface area contributed by atoms with Crippen molar-refractivity contribution in [1.29, 1.82) is 0 Å². The van der Waals surface area contributed by atoms with Crippen molar-refractivity contribution in [2.45, 2.75) is 12.2 Å². The van der Waals surface area contributed by atoms with Crippen LogP contribution in [0.2, 0.25) is 0 Å². The fraction of sp³-hybridized carbons (Fsp3) is 0.222. The molecule has 0 spiro atoms. The smallest absolute Gasteiger partial charge is 0.109 e. The first kappa shape index (κ1) is 5.93. The van der Waals surface area contributed by atoms with Gasteiger partial charge in [0.1, 0.15) is 6.10 Å². The molecule has 1 radical (unpaired) electrons. The van der Waals surface area contributed by atoms with Crippen LogP contribution in [0.15, 0.2) is 30.3 Å². The number of epoxide rings is 1. The maximum Gasteiger partial charge on any atom is 0.109 e. The van der Waals surface area contributed by atoms with Crippen LogP contribution in [0.4, 0.5) is 0 Å². The Morgan fingerprint density at radius 2 is 1.80 bits per heavy atom. The van der Waals surface area contributed by atoms with Crippen LogP contribution in [-0.4, -0.2) is 6.10 Å². The lowest BCUT2D eigenvalue weighted by Gasteiger charge is -1.90. The molecule has 1 aliphatic heterocycles. The first-order chi connectivity index (χ1) is 4.88. The lowest BCUT2D eigenvalue weighted by molar-refractivity contribution is 0.393. The molecule has 1 heteroatoms. The summed E-state index contributed by atoms with van der Waals surface area (Å²) in [6.07, 6.45) is 0.448. The highest BCUT2D eigenvalue weighted by molar-refractivity contribution is 5.22. The van der Waals surface area contributed by atoms with Gasteiger partial charge in [-0.25, -0.2) is 0 Å². The third-order valence-corrected chi connectivity index (χ3v) is 1.71. The van der Waals surface area contributed by atoms with Crippen molar-refractivity contribution in [3.05, 3.63) is 42.8 Å². The number of rotatable bonds is 1. The van der Waals surface area contributed by atoms with E-state index >= 15 is 0 Å². The van der Waals surface area contributed by atoms with Gasteiger partial charge in [-0.1, -0.05) is 30.3 Å². The van der Waals surface area contributed by atoms with Crippen molar-refractivity contribution in [1.82, 2.24) is 0 Å². The van der Waals surface area contributed by atoms with E-state index in [0.29, 0.717) is 0 Å². The summed E-state index contributed by atoms with van der Waals surface area (Å²) in [5.41, 5.74) is 1.24. The monoisotopic (exact) mass is 133 g/mol. The largest absolute Gasteiger partial charge is 0.365 e. The summed E-state index contributed by atoms with van der Waals surface area (Å²) in [7, 11) is 0. The van der Waals surface area contributed by atoms with Crippen LogP contribution in [0.5, 0.6) is 0 Å². The topological polar surface area (TPSA) is 12.5 Å². The highest BCUT2D eigenvalue weighted by Gasteiger charge is 2.35. The molecule has 2 rings (SSSR count). The number of hydrogen-bond acceptors (Lipinski definition) is 1. The third-order valence-electron chi connectivity index (χ3n) is 1.71. The van der Waals surface area contributed by atoms with E-state index in [9.17, 15) is 0 Å². The lowest BCUT2D eigenvalue weighted by Crippen LogP contribution is -1.80. The van der Waals surface area contributed by atoms with E-state index in [1.54, 1.807) is 0 Å². The van der Waals surface area contributed by atoms with Crippen molar-refractivity contribution in [3.8, 4) is 0 Å². The van der Waals surface area contributed by atoms with Gasteiger partial charge in [0, 0.05) is 0 Å². The highest BCUT2D eigenvalue weighted by atomic mass is 16.6. The fourth-order valence-electron chi connectivity index (χ4n) is 1.08. The molecule has 0 aromatic heterocycles. The Kier molecular flexibility index (Phi) is 1.24. The van der Waals surface area contributed by atoms with Gasteiger partial charge in [-0.15, -0.1) is 0 Å². The standard InChI is InChI=1S/C9H9O/c1-7-9(10-7)8-5-3-2-4-6-8/h2-7,9H,1H2. The lowest BCUT2D eigenvalue weighted by atomic mass is 10.1. The van der Waals surface area contributed by atoms with Gasteiger partial charge in [0.2, 0.25) is 0 Å². The van der Waals surface area contributed by atoms with Crippen LogP contribution in [0.3, 0.4) is 0 Å². The second-order valence-electron chi connectivity index (χ2n) is 2.51. The van der Waals surface area contributed by atoms with Crippen molar-refractivity contribution in [2.75, 3.05) is 0 Å². The Balaban J connectivity index is 2.20. The molecule has 10 heavy (non-hydrogen) atoms. The van der Waals surface area contributed by atoms with E-state index in [1.807, 2.05) is 18.2 Å². The molecule has 2 atom stereocenters. The third kappa shape index (κ3) is 0.929. The van der Waals surface area contributed by atoms with Gasteiger partial charge in [-0.3, -0.25) is 0 Å². The summed E-state index contributed by atoms with van der Waals surface area (Å²) < 4.78 is 5.19. The zero-order chi connectivity index (χ0) is 6.97. The van der Waals surface area contributed by atoms with Crippen molar-refractivity contribution in [2.24, 2.45) is 0 Å². The van der Waals surface area contributed by atoms with E-state index in [0.717, 1.165) is 0 Å².